The smallest absolute Gasteiger partial charge is 1.00 e. The molecule has 0 aromatic heterocycles. The summed E-state index contributed by atoms with van der Waals surface area (Å²) in [5, 5.41) is 5.85. The Morgan fingerprint density at radius 3 is 0.805 bits per heavy atom. The Morgan fingerprint density at radius 1 is 0.356 bits per heavy atom. The van der Waals surface area contributed by atoms with Crippen molar-refractivity contribution in [2.24, 2.45) is 0 Å². The third-order valence-corrected chi connectivity index (χ3v) is 15.3. The van der Waals surface area contributed by atoms with Crippen LogP contribution in [0, 0.1) is 20.8 Å². The van der Waals surface area contributed by atoms with Crippen molar-refractivity contribution in [1.29, 1.82) is 0 Å². The Balaban J connectivity index is 0.000000697. The predicted octanol–water partition coefficient (Wildman–Crippen LogP) is 16.5. The topological polar surface area (TPSA) is 37.3 Å². The maximum Gasteiger partial charge on any atom is 2.00 e. The minimum atomic E-state index is -0.0681. The Morgan fingerprint density at radius 2 is 0.586 bits per heavy atom. The van der Waals surface area contributed by atoms with E-state index in [1.165, 1.54) is 83.5 Å². The second-order valence-electron chi connectivity index (χ2n) is 21.8. The van der Waals surface area contributed by atoms with Crippen molar-refractivity contribution in [3.63, 3.8) is 0 Å². The van der Waals surface area contributed by atoms with Gasteiger partial charge in [-0.05, 0) is 97.3 Å². The molecule has 11 rings (SSSR count). The first-order valence-electron chi connectivity index (χ1n) is 30.0. The molecule has 1 N–H and O–H groups in total. The van der Waals surface area contributed by atoms with Crippen molar-refractivity contribution < 1.29 is 26.7 Å². The van der Waals surface area contributed by atoms with Gasteiger partial charge in [0.1, 0.15) is 0 Å². The van der Waals surface area contributed by atoms with E-state index in [0.29, 0.717) is 0 Å². The molecule has 87 heavy (non-hydrogen) atoms. The molecular formula is C82H80BrMgN2O+. The van der Waals surface area contributed by atoms with Crippen LogP contribution in [0.1, 0.15) is 135 Å². The van der Waals surface area contributed by atoms with Gasteiger partial charge in [0.25, 0.3) is 0 Å². The second-order valence-corrected chi connectivity index (χ2v) is 21.8. The van der Waals surface area contributed by atoms with Gasteiger partial charge in [-0.3, -0.25) is 0 Å². The summed E-state index contributed by atoms with van der Waals surface area (Å²) in [6, 6.07) is 107. The van der Waals surface area contributed by atoms with Crippen LogP contribution in [0.3, 0.4) is 0 Å². The molecule has 0 saturated carbocycles. The maximum absolute atomic E-state index is 5.85. The molecule has 0 spiro atoms. The molecule has 0 radical (unpaired) electrons. The molecule has 0 aliphatic heterocycles. The van der Waals surface area contributed by atoms with E-state index in [1.54, 1.807) is 0 Å². The number of nitrogens with one attached hydrogen (secondary N) is 1. The number of nitrogens with zero attached hydrogens (tertiary/aromatic N) is 1. The zero-order valence-corrected chi connectivity index (χ0v) is 54.5. The minimum Gasteiger partial charge on any atom is -1.00 e. The Labute approximate surface area is 546 Å². The summed E-state index contributed by atoms with van der Waals surface area (Å²) in [4.78, 5) is 4.13. The third-order valence-electron chi connectivity index (χ3n) is 15.3. The third kappa shape index (κ3) is 18.0. The summed E-state index contributed by atoms with van der Waals surface area (Å²) in [6.07, 6.45) is 2.24. The standard InChI is InChI=1S/C71H61N2.C7H8.C4H10O.BrH.Mg/c1-50-45-62(66(54-29-13-5-14-30-54)55-31-15-6-16-32-55)70(63(46-50)67(56-33-17-7-18-34-56)57-35-19-8-20-36-57)72-52(3)49-53(4)73-71-64(68(58-37-21-9-22-38-58)59-39-23-10-24-40-59)47-51(2)48-65(71)69(60-41-25-11-26-42-60)61-43-27-12-28-44-61;1-7-5-3-2-4-6-7;1-3-5-4-2;;/h5-49,66-69H,1-4H3;2-6H,1H3;3-4H2,1-2H3;1H;/q-1;;;;+2/b52-49-,73-53?;;;;. The summed E-state index contributed by atoms with van der Waals surface area (Å²) in [5.41, 5.74) is 22.3. The molecule has 0 bridgehead atoms. The Bertz CT molecular complexity index is 3460. The van der Waals surface area contributed by atoms with Gasteiger partial charge in [0, 0.05) is 54.9 Å². The van der Waals surface area contributed by atoms with Gasteiger partial charge in [-0.15, -0.1) is 5.69 Å². The number of halogens is 1. The number of hydrogen-bond donors (Lipinski definition) is 1. The van der Waals surface area contributed by atoms with Crippen LogP contribution >= 0.6 is 0 Å². The largest absolute Gasteiger partial charge is 2.00 e. The molecule has 0 saturated heterocycles. The quantitative estimate of drug-likeness (QED) is 0.0519. The number of benzene rings is 11. The average molecular weight is 1210 g/mol. The molecule has 0 amide bonds. The summed E-state index contributed by atoms with van der Waals surface area (Å²) >= 11 is 0. The van der Waals surface area contributed by atoms with Gasteiger partial charge < -0.3 is 27.0 Å². The van der Waals surface area contributed by atoms with Crippen molar-refractivity contribution in [3.8, 4) is 0 Å². The number of ether oxygens (including phenoxy) is 1. The van der Waals surface area contributed by atoms with Gasteiger partial charge in [0.2, 0.25) is 5.69 Å². The summed E-state index contributed by atoms with van der Waals surface area (Å²) < 4.78 is 4.83. The van der Waals surface area contributed by atoms with E-state index in [4.69, 9.17) is 10.1 Å². The molecular weight excluding hydrogens is 1130 g/mol. The zero-order chi connectivity index (χ0) is 59.2. The van der Waals surface area contributed by atoms with Gasteiger partial charge >= 0.3 is 23.1 Å². The molecule has 0 fully saturated rings. The van der Waals surface area contributed by atoms with Gasteiger partial charge in [-0.25, -0.2) is 4.99 Å². The van der Waals surface area contributed by atoms with Crippen LogP contribution in [0.25, 0.3) is 5.32 Å². The molecule has 11 aromatic carbocycles. The summed E-state index contributed by atoms with van der Waals surface area (Å²) in [6.45, 7) is 16.6. The fourth-order valence-corrected chi connectivity index (χ4v) is 11.7. The van der Waals surface area contributed by atoms with Crippen LogP contribution in [-0.4, -0.2) is 42.0 Å². The minimum absolute atomic E-state index is 0. The second kappa shape index (κ2) is 34.2. The number of allylic oxidation sites excluding steroid dienone is 2. The van der Waals surface area contributed by atoms with Crippen molar-refractivity contribution >= 4 is 40.1 Å². The SMILES string of the molecule is CC(/C=C(/C)[N-]c1c(C(c2ccccc2)c2ccccc2)cc(C)cc1C(c1ccccc1)c1ccccc1)=[NH+]c1c(C(c2ccccc2)c2ccccc2)cc(C)cc1C(c1ccccc1)c1ccccc1.CCOCC.Cc1ccccc1.[Br-].[Mg+2]. The van der Waals surface area contributed by atoms with E-state index in [2.05, 4.69) is 325 Å². The summed E-state index contributed by atoms with van der Waals surface area (Å²) in [5.74, 6) is -0.225. The van der Waals surface area contributed by atoms with Gasteiger partial charge in [0.05, 0.1) is 0 Å². The molecule has 0 aliphatic rings. The van der Waals surface area contributed by atoms with Crippen LogP contribution in [0.4, 0.5) is 11.4 Å². The summed E-state index contributed by atoms with van der Waals surface area (Å²) in [7, 11) is 0. The average Bonchev–Trinajstić information content (AvgIpc) is 2.37. The van der Waals surface area contributed by atoms with Crippen molar-refractivity contribution in [1.82, 2.24) is 0 Å². The first-order chi connectivity index (χ1) is 41.7. The Hall–Kier alpha value is -8.16. The van der Waals surface area contributed by atoms with E-state index in [1.807, 2.05) is 32.0 Å². The van der Waals surface area contributed by atoms with Crippen LogP contribution in [-0.2, 0) is 4.74 Å². The van der Waals surface area contributed by atoms with Crippen LogP contribution in [0.15, 0.2) is 309 Å². The maximum atomic E-state index is 5.85. The predicted molar refractivity (Wildman–Crippen MR) is 365 cm³/mol. The first-order valence-corrected chi connectivity index (χ1v) is 30.0. The number of rotatable bonds is 18. The molecule has 0 heterocycles. The molecule has 0 aliphatic carbocycles. The number of hydrogen-bond acceptors (Lipinski definition) is 1. The Kier molecular flexibility index (Phi) is 26.1. The van der Waals surface area contributed by atoms with Crippen molar-refractivity contribution in [3.05, 3.63) is 398 Å². The monoisotopic (exact) mass is 1210 g/mol. The first kappa shape index (κ1) is 66.4. The van der Waals surface area contributed by atoms with E-state index < -0.39 is 0 Å². The van der Waals surface area contributed by atoms with Gasteiger partial charge in [-0.2, -0.15) is 5.70 Å². The van der Waals surface area contributed by atoms with Crippen LogP contribution in [0.2, 0.25) is 0 Å². The van der Waals surface area contributed by atoms with Gasteiger partial charge in [0.15, 0.2) is 5.71 Å². The fraction of sp³-hybridized carbons (Fsp3) is 0.159. The normalized spacial score (nSPS) is 11.2. The molecule has 432 valence electrons. The van der Waals surface area contributed by atoms with E-state index in [9.17, 15) is 0 Å². The number of aryl methyl sites for hydroxylation is 3. The molecule has 0 atom stereocenters. The molecule has 3 nitrogen and oxygen atoms in total. The van der Waals surface area contributed by atoms with Crippen LogP contribution in [0.5, 0.6) is 0 Å². The van der Waals surface area contributed by atoms with Crippen molar-refractivity contribution in [2.45, 2.75) is 72.1 Å². The van der Waals surface area contributed by atoms with Gasteiger partial charge in [-0.1, -0.05) is 320 Å². The van der Waals surface area contributed by atoms with Crippen molar-refractivity contribution in [2.75, 3.05) is 13.2 Å². The van der Waals surface area contributed by atoms with E-state index in [0.717, 1.165) is 36.0 Å². The van der Waals surface area contributed by atoms with E-state index >= 15 is 0 Å². The molecule has 0 unspecified atom stereocenters. The van der Waals surface area contributed by atoms with Crippen LogP contribution < -0.4 is 22.0 Å². The van der Waals surface area contributed by atoms with E-state index in [-0.39, 0.29) is 63.7 Å². The molecule has 11 aromatic rings. The fourth-order valence-electron chi connectivity index (χ4n) is 11.7. The molecule has 5 heteroatoms. The zero-order valence-electron chi connectivity index (χ0n) is 51.5.